The zero-order valence-corrected chi connectivity index (χ0v) is 7.73. The first-order chi connectivity index (χ1) is 6.86. The van der Waals surface area contributed by atoms with Crippen molar-refractivity contribution in [1.82, 2.24) is 9.55 Å². The maximum absolute atomic E-state index is 11.6. The lowest BCUT2D eigenvalue weighted by molar-refractivity contribution is 0.0976. The largest absolute Gasteiger partial charge is 0.321 e. The Morgan fingerprint density at radius 1 is 1.43 bits per heavy atom. The van der Waals surface area contributed by atoms with Crippen LogP contribution in [0.15, 0.2) is 12.2 Å². The fourth-order valence-corrected chi connectivity index (χ4v) is 1.99. The van der Waals surface area contributed by atoms with Crippen LogP contribution in [0.2, 0.25) is 0 Å². The number of carbonyl (C=O) groups excluding carboxylic acids is 1. The molecule has 3 rings (SSSR count). The van der Waals surface area contributed by atoms with Crippen LogP contribution >= 0.6 is 0 Å². The fourth-order valence-electron chi connectivity index (χ4n) is 1.99. The van der Waals surface area contributed by atoms with Gasteiger partial charge in [-0.15, -0.1) is 0 Å². The minimum atomic E-state index is 0.179. The zero-order valence-electron chi connectivity index (χ0n) is 7.73. The highest BCUT2D eigenvalue weighted by Crippen LogP contribution is 2.04. The predicted molar refractivity (Wildman–Crippen MR) is 53.1 cm³/mol. The van der Waals surface area contributed by atoms with E-state index in [-0.39, 0.29) is 5.78 Å². The van der Waals surface area contributed by atoms with Crippen LogP contribution in [0.5, 0.6) is 0 Å². The van der Waals surface area contributed by atoms with E-state index in [0.717, 1.165) is 23.8 Å². The van der Waals surface area contributed by atoms with Crippen molar-refractivity contribution < 1.29 is 4.79 Å². The molecule has 0 aromatic carbocycles. The Bertz CT molecular complexity index is 549. The molecule has 0 N–H and O–H groups in total. The maximum atomic E-state index is 11.6. The number of carbonyl (C=O) groups is 1. The van der Waals surface area contributed by atoms with Crippen molar-refractivity contribution in [2.24, 2.45) is 0 Å². The van der Waals surface area contributed by atoms with Gasteiger partial charge in [0, 0.05) is 13.0 Å². The molecule has 0 saturated carbocycles. The number of fused-ring (bicyclic) bond motifs is 3. The molecule has 1 aliphatic heterocycles. The second kappa shape index (κ2) is 2.67. The Morgan fingerprint density at radius 3 is 3.29 bits per heavy atom. The highest BCUT2D eigenvalue weighted by molar-refractivity contribution is 5.96. The second-order valence-electron chi connectivity index (χ2n) is 3.58. The number of hydrogen-bond donors (Lipinski definition) is 0. The van der Waals surface area contributed by atoms with Crippen molar-refractivity contribution in [1.29, 1.82) is 0 Å². The molecule has 1 aromatic rings. The molecule has 0 saturated heterocycles. The van der Waals surface area contributed by atoms with Gasteiger partial charge in [0.2, 0.25) is 0 Å². The van der Waals surface area contributed by atoms with E-state index in [1.807, 2.05) is 12.2 Å². The molecule has 3 heteroatoms. The van der Waals surface area contributed by atoms with E-state index in [4.69, 9.17) is 0 Å². The van der Waals surface area contributed by atoms with Gasteiger partial charge in [0.1, 0.15) is 11.2 Å². The van der Waals surface area contributed by atoms with Gasteiger partial charge in [-0.25, -0.2) is 4.98 Å². The summed E-state index contributed by atoms with van der Waals surface area (Å²) in [4.78, 5) is 15.9. The Hall–Kier alpha value is -1.64. The molecule has 14 heavy (non-hydrogen) atoms. The maximum Gasteiger partial charge on any atom is 0.183 e. The van der Waals surface area contributed by atoms with Crippen LogP contribution in [0.25, 0.3) is 12.2 Å². The van der Waals surface area contributed by atoms with Crippen LogP contribution in [0.1, 0.15) is 23.3 Å². The molecule has 0 fully saturated rings. The smallest absolute Gasteiger partial charge is 0.183 e. The molecule has 0 unspecified atom stereocenters. The molecule has 1 aliphatic carbocycles. The SMILES string of the molecule is O=C1CCC=c2c1nc1n2CC=CC=1. The Kier molecular flexibility index (Phi) is 1.48. The average Bonchev–Trinajstić information content (AvgIpc) is 2.59. The van der Waals surface area contributed by atoms with Gasteiger partial charge >= 0.3 is 0 Å². The Labute approximate surface area is 81.1 Å². The second-order valence-corrected chi connectivity index (χ2v) is 3.58. The minimum absolute atomic E-state index is 0.179. The number of Topliss-reactive ketones (excluding diaryl/α,β-unsaturated/α-hetero) is 1. The highest BCUT2D eigenvalue weighted by atomic mass is 16.1. The summed E-state index contributed by atoms with van der Waals surface area (Å²) in [7, 11) is 0. The summed E-state index contributed by atoms with van der Waals surface area (Å²) >= 11 is 0. The third-order valence-corrected chi connectivity index (χ3v) is 2.68. The van der Waals surface area contributed by atoms with E-state index in [1.165, 1.54) is 0 Å². The van der Waals surface area contributed by atoms with Gasteiger partial charge in [-0.2, -0.15) is 0 Å². The van der Waals surface area contributed by atoms with Crippen molar-refractivity contribution in [2.45, 2.75) is 19.4 Å². The standard InChI is InChI=1S/C11H10N2O/c14-9-5-3-4-8-11(9)12-10-6-1-2-7-13(8)10/h1-2,4,6H,3,5,7H2. The van der Waals surface area contributed by atoms with Gasteiger partial charge in [-0.1, -0.05) is 18.2 Å². The van der Waals surface area contributed by atoms with Crippen molar-refractivity contribution in [3.63, 3.8) is 0 Å². The number of imidazole rings is 1. The van der Waals surface area contributed by atoms with Crippen molar-refractivity contribution in [2.75, 3.05) is 0 Å². The number of rotatable bonds is 0. The zero-order chi connectivity index (χ0) is 9.54. The number of hydrogen-bond acceptors (Lipinski definition) is 2. The van der Waals surface area contributed by atoms with Crippen LogP contribution in [0.3, 0.4) is 0 Å². The molecule has 3 nitrogen and oxygen atoms in total. The van der Waals surface area contributed by atoms with Gasteiger partial charge in [0.05, 0.1) is 5.35 Å². The molecule has 0 atom stereocenters. The van der Waals surface area contributed by atoms with E-state index in [0.29, 0.717) is 12.1 Å². The molecule has 2 aliphatic rings. The van der Waals surface area contributed by atoms with Gasteiger partial charge in [-0.05, 0) is 12.5 Å². The molecule has 2 heterocycles. The van der Waals surface area contributed by atoms with Crippen LogP contribution < -0.4 is 10.8 Å². The van der Waals surface area contributed by atoms with E-state index in [1.54, 1.807) is 0 Å². The van der Waals surface area contributed by atoms with E-state index < -0.39 is 0 Å². The van der Waals surface area contributed by atoms with E-state index in [2.05, 4.69) is 21.7 Å². The predicted octanol–water partition coefficient (Wildman–Crippen LogP) is -0.00960. The highest BCUT2D eigenvalue weighted by Gasteiger charge is 2.17. The van der Waals surface area contributed by atoms with Crippen LogP contribution in [0, 0.1) is 0 Å². The minimum Gasteiger partial charge on any atom is -0.321 e. The Balaban J connectivity index is 2.40. The van der Waals surface area contributed by atoms with Crippen LogP contribution in [-0.2, 0) is 6.54 Å². The molecule has 1 aromatic heterocycles. The summed E-state index contributed by atoms with van der Waals surface area (Å²) in [5, 5.41) is 1.01. The van der Waals surface area contributed by atoms with Crippen LogP contribution in [-0.4, -0.2) is 15.3 Å². The summed E-state index contributed by atoms with van der Waals surface area (Å²) in [6.45, 7) is 0.831. The summed E-state index contributed by atoms with van der Waals surface area (Å²) in [5.74, 6) is 0.179. The van der Waals surface area contributed by atoms with Gasteiger partial charge in [0.15, 0.2) is 5.78 Å². The van der Waals surface area contributed by atoms with Crippen LogP contribution in [0.4, 0.5) is 0 Å². The molecular weight excluding hydrogens is 176 g/mol. The van der Waals surface area contributed by atoms with Crippen molar-refractivity contribution in [3.8, 4) is 0 Å². The fraction of sp³-hybridized carbons (Fsp3) is 0.273. The lowest BCUT2D eigenvalue weighted by Crippen LogP contribution is -2.30. The molecule has 70 valence electrons. The molecule has 0 bridgehead atoms. The molecule has 0 spiro atoms. The van der Waals surface area contributed by atoms with Gasteiger partial charge in [-0.3, -0.25) is 4.79 Å². The van der Waals surface area contributed by atoms with Gasteiger partial charge < -0.3 is 4.57 Å². The molecule has 0 amide bonds. The third kappa shape index (κ3) is 0.923. The first kappa shape index (κ1) is 7.74. The number of ketones is 1. The van der Waals surface area contributed by atoms with Gasteiger partial charge in [0.25, 0.3) is 0 Å². The monoisotopic (exact) mass is 186 g/mol. The first-order valence-corrected chi connectivity index (χ1v) is 4.83. The number of nitrogens with zero attached hydrogens (tertiary/aromatic N) is 2. The van der Waals surface area contributed by atoms with Crippen molar-refractivity contribution >= 4 is 17.9 Å². The quantitative estimate of drug-likeness (QED) is 0.571. The van der Waals surface area contributed by atoms with Crippen molar-refractivity contribution in [3.05, 3.63) is 28.7 Å². The summed E-state index contributed by atoms with van der Waals surface area (Å²) in [6.07, 6.45) is 9.57. The Morgan fingerprint density at radius 2 is 2.36 bits per heavy atom. The number of aromatic nitrogens is 2. The number of allylic oxidation sites excluding steroid dienone is 2. The topological polar surface area (TPSA) is 34.9 Å². The van der Waals surface area contributed by atoms with E-state index in [9.17, 15) is 4.79 Å². The molecule has 0 radical (unpaired) electrons. The third-order valence-electron chi connectivity index (χ3n) is 2.68. The normalized spacial score (nSPS) is 18.1. The lowest BCUT2D eigenvalue weighted by atomic mass is 10.1. The average molecular weight is 186 g/mol. The summed E-state index contributed by atoms with van der Waals surface area (Å²) in [6, 6.07) is 0. The van der Waals surface area contributed by atoms with E-state index >= 15 is 0 Å². The lowest BCUT2D eigenvalue weighted by Gasteiger charge is -2.05. The molecular formula is C11H10N2O. The summed E-state index contributed by atoms with van der Waals surface area (Å²) in [5.41, 5.74) is 1.57. The first-order valence-electron chi connectivity index (χ1n) is 4.83. The summed E-state index contributed by atoms with van der Waals surface area (Å²) < 4.78 is 2.09.